The van der Waals surface area contributed by atoms with Crippen LogP contribution in [-0.2, 0) is 0 Å². The van der Waals surface area contributed by atoms with Crippen molar-refractivity contribution in [2.24, 2.45) is 5.41 Å². The fourth-order valence-electron chi connectivity index (χ4n) is 2.03. The molecule has 1 aliphatic rings. The molecular weight excluding hydrogens is 174 g/mol. The summed E-state index contributed by atoms with van der Waals surface area (Å²) < 4.78 is 5.43. The van der Waals surface area contributed by atoms with Crippen LogP contribution in [0.5, 0.6) is 0 Å². The van der Waals surface area contributed by atoms with Crippen LogP contribution in [0.4, 0.5) is 0 Å². The molecule has 0 N–H and O–H groups in total. The summed E-state index contributed by atoms with van der Waals surface area (Å²) in [6, 6.07) is 0. The second kappa shape index (κ2) is 3.26. The van der Waals surface area contributed by atoms with Crippen LogP contribution in [-0.4, -0.2) is 4.98 Å². The zero-order chi connectivity index (χ0) is 10.2. The molecule has 2 nitrogen and oxygen atoms in total. The van der Waals surface area contributed by atoms with Gasteiger partial charge in [-0.3, -0.25) is 0 Å². The Hall–Kier alpha value is -1.05. The monoisotopic (exact) mass is 191 g/mol. The third-order valence-corrected chi connectivity index (χ3v) is 2.80. The van der Waals surface area contributed by atoms with Crippen LogP contribution in [0.2, 0.25) is 0 Å². The van der Waals surface area contributed by atoms with Gasteiger partial charge >= 0.3 is 0 Å². The maximum Gasteiger partial charge on any atom is 0.218 e. The van der Waals surface area contributed by atoms with E-state index in [1.807, 2.05) is 6.92 Å². The number of hydrogen-bond donors (Lipinski definition) is 0. The summed E-state index contributed by atoms with van der Waals surface area (Å²) in [5.74, 6) is 1.64. The summed E-state index contributed by atoms with van der Waals surface area (Å²) >= 11 is 0. The number of hydrogen-bond acceptors (Lipinski definition) is 2. The molecule has 1 saturated carbocycles. The second-order valence-corrected chi connectivity index (χ2v) is 4.95. The Morgan fingerprint density at radius 1 is 1.50 bits per heavy atom. The Labute approximate surface area is 85.0 Å². The van der Waals surface area contributed by atoms with Gasteiger partial charge in [-0.05, 0) is 37.7 Å². The van der Waals surface area contributed by atoms with E-state index >= 15 is 0 Å². The van der Waals surface area contributed by atoms with Crippen molar-refractivity contribution in [3.05, 3.63) is 23.4 Å². The Morgan fingerprint density at radius 3 is 2.79 bits per heavy atom. The van der Waals surface area contributed by atoms with Crippen LogP contribution < -0.4 is 0 Å². The first-order valence-electron chi connectivity index (χ1n) is 5.17. The van der Waals surface area contributed by atoms with Crippen molar-refractivity contribution in [1.82, 2.24) is 4.98 Å². The Bertz CT molecular complexity index is 360. The van der Waals surface area contributed by atoms with Crippen molar-refractivity contribution < 1.29 is 4.42 Å². The van der Waals surface area contributed by atoms with Gasteiger partial charge in [-0.2, -0.15) is 0 Å². The summed E-state index contributed by atoms with van der Waals surface area (Å²) in [5.41, 5.74) is 1.94. The molecule has 0 spiro atoms. The molecule has 1 fully saturated rings. The third-order valence-electron chi connectivity index (χ3n) is 2.80. The molecule has 2 heteroatoms. The zero-order valence-corrected chi connectivity index (χ0v) is 9.13. The summed E-state index contributed by atoms with van der Waals surface area (Å²) in [6.45, 7) is 6.55. The van der Waals surface area contributed by atoms with Gasteiger partial charge in [-0.25, -0.2) is 4.98 Å². The van der Waals surface area contributed by atoms with E-state index in [0.717, 1.165) is 11.7 Å². The average Bonchev–Trinajstić information content (AvgIpc) is 2.59. The van der Waals surface area contributed by atoms with Crippen LogP contribution in [0.1, 0.15) is 44.8 Å². The lowest BCUT2D eigenvalue weighted by molar-refractivity contribution is 0.389. The lowest BCUT2D eigenvalue weighted by Gasteiger charge is -2.14. The highest BCUT2D eigenvalue weighted by Gasteiger charge is 2.26. The van der Waals surface area contributed by atoms with Crippen LogP contribution in [0.15, 0.2) is 16.2 Å². The molecule has 0 aromatic carbocycles. The summed E-state index contributed by atoms with van der Waals surface area (Å²) in [4.78, 5) is 4.18. The lowest BCUT2D eigenvalue weighted by Crippen LogP contribution is -2.02. The van der Waals surface area contributed by atoms with Gasteiger partial charge in [0.25, 0.3) is 0 Å². The zero-order valence-electron chi connectivity index (χ0n) is 9.13. The number of oxazole rings is 1. The highest BCUT2D eigenvalue weighted by atomic mass is 16.3. The number of aromatic nitrogens is 1. The van der Waals surface area contributed by atoms with Crippen LogP contribution >= 0.6 is 0 Å². The fraction of sp³-hybridized carbons (Fsp3) is 0.583. The molecule has 0 radical (unpaired) electrons. The molecule has 0 amide bonds. The number of allylic oxidation sites excluding steroid dienone is 1. The van der Waals surface area contributed by atoms with E-state index in [1.165, 1.54) is 24.8 Å². The molecule has 1 aromatic heterocycles. The Kier molecular flexibility index (Phi) is 2.22. The first kappa shape index (κ1) is 9.50. The molecule has 1 heterocycles. The molecule has 76 valence electrons. The first-order valence-corrected chi connectivity index (χ1v) is 5.17. The predicted octanol–water partition coefficient (Wildman–Crippen LogP) is 3.58. The van der Waals surface area contributed by atoms with Gasteiger partial charge in [0.05, 0.1) is 6.20 Å². The van der Waals surface area contributed by atoms with Crippen molar-refractivity contribution in [2.75, 3.05) is 0 Å². The largest absolute Gasteiger partial charge is 0.442 e. The van der Waals surface area contributed by atoms with Gasteiger partial charge in [0.1, 0.15) is 5.76 Å². The second-order valence-electron chi connectivity index (χ2n) is 4.95. The molecule has 0 bridgehead atoms. The molecule has 0 unspecified atom stereocenters. The molecule has 0 saturated heterocycles. The van der Waals surface area contributed by atoms with Crippen molar-refractivity contribution in [3.63, 3.8) is 0 Å². The van der Waals surface area contributed by atoms with E-state index in [9.17, 15) is 0 Å². The van der Waals surface area contributed by atoms with E-state index in [4.69, 9.17) is 4.42 Å². The minimum atomic E-state index is 0.466. The Balaban J connectivity index is 2.13. The predicted molar refractivity (Wildman–Crippen MR) is 56.8 cm³/mol. The third kappa shape index (κ3) is 2.06. The van der Waals surface area contributed by atoms with E-state index < -0.39 is 0 Å². The van der Waals surface area contributed by atoms with E-state index in [1.54, 1.807) is 6.20 Å². The molecule has 2 rings (SSSR count). The topological polar surface area (TPSA) is 26.0 Å². The highest BCUT2D eigenvalue weighted by molar-refractivity contribution is 5.45. The normalized spacial score (nSPS) is 23.2. The smallest absolute Gasteiger partial charge is 0.218 e. The SMILES string of the molecule is Cc1cnc(/C=C2\CCC(C)(C)C2)o1. The maximum absolute atomic E-state index is 5.43. The molecule has 14 heavy (non-hydrogen) atoms. The van der Waals surface area contributed by atoms with Crippen molar-refractivity contribution in [1.29, 1.82) is 0 Å². The highest BCUT2D eigenvalue weighted by Crippen LogP contribution is 2.41. The fourth-order valence-corrected chi connectivity index (χ4v) is 2.03. The van der Waals surface area contributed by atoms with Gasteiger partial charge in [0, 0.05) is 0 Å². The summed E-state index contributed by atoms with van der Waals surface area (Å²) in [6.07, 6.45) is 7.51. The van der Waals surface area contributed by atoms with Gasteiger partial charge in [0.2, 0.25) is 5.89 Å². The number of rotatable bonds is 1. The van der Waals surface area contributed by atoms with Crippen molar-refractivity contribution in [3.8, 4) is 0 Å². The molecule has 1 aromatic rings. The van der Waals surface area contributed by atoms with E-state index in [-0.39, 0.29) is 0 Å². The molecular formula is C12H17NO. The van der Waals surface area contributed by atoms with Gasteiger partial charge < -0.3 is 4.42 Å². The molecule has 0 atom stereocenters. The van der Waals surface area contributed by atoms with Crippen LogP contribution in [0.25, 0.3) is 6.08 Å². The van der Waals surface area contributed by atoms with Gasteiger partial charge in [-0.15, -0.1) is 0 Å². The van der Waals surface area contributed by atoms with Gasteiger partial charge in [-0.1, -0.05) is 19.4 Å². The lowest BCUT2D eigenvalue weighted by atomic mass is 9.92. The van der Waals surface area contributed by atoms with E-state index in [2.05, 4.69) is 24.9 Å². The first-order chi connectivity index (χ1) is 6.55. The summed E-state index contributed by atoms with van der Waals surface area (Å²) in [5, 5.41) is 0. The average molecular weight is 191 g/mol. The Morgan fingerprint density at radius 2 is 2.29 bits per heavy atom. The van der Waals surface area contributed by atoms with Gasteiger partial charge in [0.15, 0.2) is 0 Å². The van der Waals surface area contributed by atoms with Crippen LogP contribution in [0.3, 0.4) is 0 Å². The number of nitrogens with zero attached hydrogens (tertiary/aromatic N) is 1. The van der Waals surface area contributed by atoms with E-state index in [0.29, 0.717) is 5.41 Å². The number of aryl methyl sites for hydroxylation is 1. The molecule has 0 aliphatic heterocycles. The standard InChI is InChI=1S/C12H17NO/c1-9-8-13-11(14-9)6-10-4-5-12(2,3)7-10/h6,8H,4-5,7H2,1-3H3/b10-6+. The van der Waals surface area contributed by atoms with Crippen LogP contribution in [0, 0.1) is 12.3 Å². The minimum absolute atomic E-state index is 0.466. The van der Waals surface area contributed by atoms with Crippen molar-refractivity contribution >= 4 is 6.08 Å². The molecule has 1 aliphatic carbocycles. The van der Waals surface area contributed by atoms with Crippen molar-refractivity contribution in [2.45, 2.75) is 40.0 Å². The quantitative estimate of drug-likeness (QED) is 0.678. The summed E-state index contributed by atoms with van der Waals surface area (Å²) in [7, 11) is 0. The minimum Gasteiger partial charge on any atom is -0.442 e. The maximum atomic E-state index is 5.43.